The van der Waals surface area contributed by atoms with Crippen molar-refractivity contribution in [2.45, 2.75) is 17.0 Å². The number of benzene rings is 3. The first-order chi connectivity index (χ1) is 14.7. The molecule has 0 N–H and O–H groups in total. The first kappa shape index (κ1) is 18.9. The van der Waals surface area contributed by atoms with Gasteiger partial charge in [-0.05, 0) is 48.2 Å². The number of imide groups is 1. The second-order valence-corrected chi connectivity index (χ2v) is 8.16. The number of anilines is 2. The Labute approximate surface area is 179 Å². The van der Waals surface area contributed by atoms with Crippen LogP contribution in [0.25, 0.3) is 0 Å². The molecular weight excluding hydrogens is 396 g/mol. The number of nitrogens with zero attached hydrogens (tertiary/aromatic N) is 2. The molecule has 30 heavy (non-hydrogen) atoms. The molecule has 2 amide bonds. The van der Waals surface area contributed by atoms with E-state index in [0.717, 1.165) is 16.1 Å². The van der Waals surface area contributed by atoms with Crippen molar-refractivity contribution in [2.24, 2.45) is 5.92 Å². The Kier molecular flexibility index (Phi) is 4.81. The fourth-order valence-corrected chi connectivity index (χ4v) is 4.59. The van der Waals surface area contributed by atoms with Gasteiger partial charge in [-0.1, -0.05) is 48.5 Å². The molecule has 2 aliphatic heterocycles. The molecule has 0 saturated carbocycles. The zero-order valence-electron chi connectivity index (χ0n) is 16.3. The van der Waals surface area contributed by atoms with Gasteiger partial charge in [-0.3, -0.25) is 14.4 Å². The summed E-state index contributed by atoms with van der Waals surface area (Å²) in [6, 6.07) is 26.4. The summed E-state index contributed by atoms with van der Waals surface area (Å²) >= 11 is 1.66. The lowest BCUT2D eigenvalue weighted by Crippen LogP contribution is -2.37. The van der Waals surface area contributed by atoms with E-state index in [9.17, 15) is 9.59 Å². The number of amides is 2. The highest BCUT2D eigenvalue weighted by Crippen LogP contribution is 2.47. The maximum atomic E-state index is 13.5. The zero-order valence-corrected chi connectivity index (χ0v) is 17.2. The van der Waals surface area contributed by atoms with Gasteiger partial charge in [-0.15, -0.1) is 11.8 Å². The van der Waals surface area contributed by atoms with Crippen LogP contribution in [0.4, 0.5) is 11.4 Å². The quantitative estimate of drug-likeness (QED) is 0.464. The molecule has 5 rings (SSSR count). The van der Waals surface area contributed by atoms with Crippen molar-refractivity contribution in [3.63, 3.8) is 0 Å². The highest BCUT2D eigenvalue weighted by molar-refractivity contribution is 7.98. The highest BCUT2D eigenvalue weighted by atomic mass is 32.2. The summed E-state index contributed by atoms with van der Waals surface area (Å²) in [6.45, 7) is 0. The fraction of sp³-hybridized carbons (Fsp3) is 0.167. The molecule has 6 heteroatoms. The number of rotatable bonds is 4. The van der Waals surface area contributed by atoms with Gasteiger partial charge in [0.1, 0.15) is 5.92 Å². The summed E-state index contributed by atoms with van der Waals surface area (Å²) in [5.74, 6) is -1.16. The molecule has 0 aliphatic carbocycles. The van der Waals surface area contributed by atoms with Crippen LogP contribution in [0.1, 0.15) is 11.6 Å². The van der Waals surface area contributed by atoms with Gasteiger partial charge in [0.25, 0.3) is 5.91 Å². The second kappa shape index (κ2) is 7.63. The maximum absolute atomic E-state index is 13.5. The second-order valence-electron chi connectivity index (χ2n) is 7.28. The van der Waals surface area contributed by atoms with E-state index >= 15 is 0 Å². The minimum Gasteiger partial charge on any atom is -0.273 e. The Hall–Kier alpha value is -3.09. The number of carbonyl (C=O) groups is 2. The Bertz CT molecular complexity index is 1070. The third-order valence-electron chi connectivity index (χ3n) is 5.60. The summed E-state index contributed by atoms with van der Waals surface area (Å²) in [4.78, 5) is 35.2. The Morgan fingerprint density at radius 1 is 0.767 bits per heavy atom. The molecule has 2 fully saturated rings. The standard InChI is InChI=1S/C24H20N2O3S/c1-30-19-14-12-16(13-15-19)21-20-22(29-26(21)18-10-6-3-7-11-18)24(28)25(23(20)27)17-8-4-2-5-9-17/h2-15,20-22H,1H3. The van der Waals surface area contributed by atoms with E-state index in [-0.39, 0.29) is 11.8 Å². The molecule has 2 aliphatic rings. The number of hydrogen-bond donors (Lipinski definition) is 0. The molecule has 0 radical (unpaired) electrons. The van der Waals surface area contributed by atoms with Gasteiger partial charge < -0.3 is 0 Å². The SMILES string of the molecule is CSc1ccc(C2C3C(=O)N(c4ccccc4)C(=O)C3ON2c2ccccc2)cc1. The van der Waals surface area contributed by atoms with Gasteiger partial charge in [0.15, 0.2) is 6.10 Å². The molecule has 150 valence electrons. The normalized spacial score (nSPS) is 23.2. The molecule has 2 heterocycles. The first-order valence-electron chi connectivity index (χ1n) is 9.77. The van der Waals surface area contributed by atoms with E-state index in [4.69, 9.17) is 4.84 Å². The monoisotopic (exact) mass is 416 g/mol. The zero-order chi connectivity index (χ0) is 20.7. The van der Waals surface area contributed by atoms with Crippen molar-refractivity contribution in [1.29, 1.82) is 0 Å². The van der Waals surface area contributed by atoms with Crippen LogP contribution < -0.4 is 9.96 Å². The molecule has 3 atom stereocenters. The number of hydrogen-bond acceptors (Lipinski definition) is 5. The van der Waals surface area contributed by atoms with Crippen LogP contribution in [0.3, 0.4) is 0 Å². The van der Waals surface area contributed by atoms with Crippen molar-refractivity contribution >= 4 is 35.0 Å². The summed E-state index contributed by atoms with van der Waals surface area (Å²) < 4.78 is 0. The third-order valence-corrected chi connectivity index (χ3v) is 6.34. The molecule has 3 unspecified atom stereocenters. The number of hydroxylamine groups is 1. The number of carbonyl (C=O) groups excluding carboxylic acids is 2. The lowest BCUT2D eigenvalue weighted by atomic mass is 9.90. The van der Waals surface area contributed by atoms with Crippen molar-refractivity contribution < 1.29 is 14.4 Å². The third kappa shape index (κ3) is 3.00. The molecule has 0 spiro atoms. The highest BCUT2D eigenvalue weighted by Gasteiger charge is 2.60. The van der Waals surface area contributed by atoms with Gasteiger partial charge in [0, 0.05) is 4.90 Å². The fourth-order valence-electron chi connectivity index (χ4n) is 4.18. The van der Waals surface area contributed by atoms with Gasteiger partial charge in [0.2, 0.25) is 5.91 Å². The van der Waals surface area contributed by atoms with Gasteiger partial charge in [-0.2, -0.15) is 0 Å². The summed E-state index contributed by atoms with van der Waals surface area (Å²) in [6.07, 6.45) is 1.18. The van der Waals surface area contributed by atoms with Crippen LogP contribution >= 0.6 is 11.8 Å². The lowest BCUT2D eigenvalue weighted by Gasteiger charge is -2.28. The lowest BCUT2D eigenvalue weighted by molar-refractivity contribution is -0.126. The molecule has 0 bridgehead atoms. The Morgan fingerprint density at radius 2 is 1.37 bits per heavy atom. The largest absolute Gasteiger partial charge is 0.273 e. The topological polar surface area (TPSA) is 49.9 Å². The van der Waals surface area contributed by atoms with Crippen LogP contribution in [0.5, 0.6) is 0 Å². The van der Waals surface area contributed by atoms with Gasteiger partial charge in [-0.25, -0.2) is 9.96 Å². The van der Waals surface area contributed by atoms with E-state index < -0.39 is 18.1 Å². The van der Waals surface area contributed by atoms with Crippen molar-refractivity contribution in [1.82, 2.24) is 0 Å². The predicted molar refractivity (Wildman–Crippen MR) is 117 cm³/mol. The predicted octanol–water partition coefficient (Wildman–Crippen LogP) is 4.46. The molecule has 0 aromatic heterocycles. The van der Waals surface area contributed by atoms with E-state index in [1.165, 1.54) is 4.90 Å². The van der Waals surface area contributed by atoms with Crippen LogP contribution in [0.15, 0.2) is 89.8 Å². The van der Waals surface area contributed by atoms with Crippen LogP contribution in [0.2, 0.25) is 0 Å². The number of thioether (sulfide) groups is 1. The van der Waals surface area contributed by atoms with E-state index in [0.29, 0.717) is 5.69 Å². The van der Waals surface area contributed by atoms with Crippen molar-refractivity contribution in [3.8, 4) is 0 Å². The summed E-state index contributed by atoms with van der Waals surface area (Å²) in [7, 11) is 0. The first-order valence-corrected chi connectivity index (χ1v) is 11.0. The van der Waals surface area contributed by atoms with Crippen molar-refractivity contribution in [2.75, 3.05) is 16.2 Å². The number of para-hydroxylation sites is 2. The van der Waals surface area contributed by atoms with Crippen LogP contribution in [-0.4, -0.2) is 24.2 Å². The minimum absolute atomic E-state index is 0.228. The molecular formula is C24H20N2O3S. The van der Waals surface area contributed by atoms with E-state index in [1.807, 2.05) is 79.1 Å². The van der Waals surface area contributed by atoms with Gasteiger partial charge in [0.05, 0.1) is 17.4 Å². The minimum atomic E-state index is -0.844. The Morgan fingerprint density at radius 3 is 1.97 bits per heavy atom. The molecule has 3 aromatic carbocycles. The summed E-state index contributed by atoms with van der Waals surface area (Å²) in [5.41, 5.74) is 2.34. The number of fused-ring (bicyclic) bond motifs is 1. The Balaban J connectivity index is 1.58. The van der Waals surface area contributed by atoms with Gasteiger partial charge >= 0.3 is 0 Å². The van der Waals surface area contributed by atoms with E-state index in [1.54, 1.807) is 29.0 Å². The molecule has 5 nitrogen and oxygen atoms in total. The average Bonchev–Trinajstić information content (AvgIpc) is 3.31. The van der Waals surface area contributed by atoms with Crippen molar-refractivity contribution in [3.05, 3.63) is 90.5 Å². The van der Waals surface area contributed by atoms with Crippen LogP contribution in [0, 0.1) is 5.92 Å². The van der Waals surface area contributed by atoms with Crippen LogP contribution in [-0.2, 0) is 14.4 Å². The van der Waals surface area contributed by atoms with E-state index in [2.05, 4.69) is 0 Å². The maximum Gasteiger partial charge on any atom is 0.266 e. The summed E-state index contributed by atoms with van der Waals surface area (Å²) in [5, 5.41) is 1.72. The molecule has 2 saturated heterocycles. The molecule has 3 aromatic rings. The average molecular weight is 417 g/mol. The smallest absolute Gasteiger partial charge is 0.266 e.